The Morgan fingerprint density at radius 1 is 1.22 bits per heavy atom. The van der Waals surface area contributed by atoms with Crippen molar-refractivity contribution in [1.82, 2.24) is 15.1 Å². The summed E-state index contributed by atoms with van der Waals surface area (Å²) >= 11 is 0. The van der Waals surface area contributed by atoms with E-state index < -0.39 is 0 Å². The Morgan fingerprint density at radius 2 is 2.00 bits per heavy atom. The van der Waals surface area contributed by atoms with Gasteiger partial charge in [-0.2, -0.15) is 0 Å². The first-order valence-corrected chi connectivity index (χ1v) is 9.10. The van der Waals surface area contributed by atoms with Gasteiger partial charge in [0.15, 0.2) is 5.96 Å². The molecule has 1 fully saturated rings. The second-order valence-corrected chi connectivity index (χ2v) is 6.19. The summed E-state index contributed by atoms with van der Waals surface area (Å²) in [5.74, 6) is 1.01. The van der Waals surface area contributed by atoms with Crippen molar-refractivity contribution >= 4 is 5.96 Å². The molecule has 0 saturated carbocycles. The first-order chi connectivity index (χ1) is 11.3. The summed E-state index contributed by atoms with van der Waals surface area (Å²) in [5.41, 5.74) is 0. The molecule has 0 aromatic carbocycles. The molecule has 1 aliphatic rings. The van der Waals surface area contributed by atoms with Crippen LogP contribution in [-0.2, 0) is 4.74 Å². The lowest BCUT2D eigenvalue weighted by Crippen LogP contribution is -2.40. The molecule has 0 unspecified atom stereocenters. The number of guanidine groups is 1. The van der Waals surface area contributed by atoms with Gasteiger partial charge in [0, 0.05) is 40.3 Å². The van der Waals surface area contributed by atoms with E-state index in [2.05, 4.69) is 33.7 Å². The number of aliphatic imine (C=N–C) groups is 1. The lowest BCUT2D eigenvalue weighted by atomic mass is 10.2. The fourth-order valence-corrected chi connectivity index (χ4v) is 2.79. The van der Waals surface area contributed by atoms with Crippen LogP contribution in [0.2, 0.25) is 0 Å². The van der Waals surface area contributed by atoms with Crippen molar-refractivity contribution in [3.8, 4) is 0 Å². The predicted molar refractivity (Wildman–Crippen MR) is 99.1 cm³/mol. The van der Waals surface area contributed by atoms with Crippen LogP contribution >= 0.6 is 0 Å². The molecule has 0 radical (unpaired) electrons. The summed E-state index contributed by atoms with van der Waals surface area (Å²) < 4.78 is 5.37. The van der Waals surface area contributed by atoms with Crippen LogP contribution in [-0.4, -0.2) is 75.8 Å². The van der Waals surface area contributed by atoms with Crippen molar-refractivity contribution in [2.45, 2.75) is 38.5 Å². The Morgan fingerprint density at radius 3 is 2.70 bits per heavy atom. The molecule has 0 bridgehead atoms. The van der Waals surface area contributed by atoms with E-state index in [4.69, 9.17) is 4.74 Å². The average molecular weight is 325 g/mol. The van der Waals surface area contributed by atoms with Crippen LogP contribution in [0.1, 0.15) is 38.5 Å². The smallest absolute Gasteiger partial charge is 0.193 e. The van der Waals surface area contributed by atoms with Crippen molar-refractivity contribution in [3.05, 3.63) is 12.7 Å². The highest BCUT2D eigenvalue weighted by Crippen LogP contribution is 2.02. The molecule has 1 saturated heterocycles. The molecule has 0 aromatic heterocycles. The van der Waals surface area contributed by atoms with Crippen molar-refractivity contribution < 1.29 is 4.74 Å². The number of ether oxygens (including phenoxy) is 1. The summed E-state index contributed by atoms with van der Waals surface area (Å²) in [6.07, 6.45) is 9.25. The second-order valence-electron chi connectivity index (χ2n) is 6.19. The van der Waals surface area contributed by atoms with E-state index in [1.807, 2.05) is 13.1 Å². The van der Waals surface area contributed by atoms with Crippen LogP contribution in [0.15, 0.2) is 17.6 Å². The third kappa shape index (κ3) is 9.61. The zero-order valence-corrected chi connectivity index (χ0v) is 15.2. The van der Waals surface area contributed by atoms with E-state index in [1.165, 1.54) is 38.6 Å². The molecule has 134 valence electrons. The van der Waals surface area contributed by atoms with Crippen LogP contribution < -0.4 is 5.32 Å². The normalized spacial score (nSPS) is 16.3. The first kappa shape index (κ1) is 20.0. The number of nitrogens with zero attached hydrogens (tertiary/aromatic N) is 3. The molecule has 0 atom stereocenters. The molecule has 0 spiro atoms. The molecule has 0 aliphatic carbocycles. The van der Waals surface area contributed by atoms with E-state index in [0.717, 1.165) is 51.8 Å². The minimum atomic E-state index is 0.891. The van der Waals surface area contributed by atoms with Gasteiger partial charge in [-0.05, 0) is 38.6 Å². The van der Waals surface area contributed by atoms with E-state index in [1.54, 1.807) is 0 Å². The van der Waals surface area contributed by atoms with Crippen molar-refractivity contribution in [1.29, 1.82) is 0 Å². The van der Waals surface area contributed by atoms with Crippen molar-refractivity contribution in [3.63, 3.8) is 0 Å². The van der Waals surface area contributed by atoms with Crippen molar-refractivity contribution in [2.75, 3.05) is 60.0 Å². The van der Waals surface area contributed by atoms with Crippen LogP contribution in [0, 0.1) is 0 Å². The number of allylic oxidation sites excluding steroid dienone is 1. The van der Waals surface area contributed by atoms with Gasteiger partial charge in [0.1, 0.15) is 0 Å². The second kappa shape index (κ2) is 13.4. The number of hydrogen-bond donors (Lipinski definition) is 1. The number of nitrogens with one attached hydrogen (secondary N) is 1. The molecule has 1 rings (SSSR count). The Kier molecular flexibility index (Phi) is 11.6. The van der Waals surface area contributed by atoms with E-state index in [9.17, 15) is 0 Å². The van der Waals surface area contributed by atoms with Gasteiger partial charge in [-0.1, -0.05) is 12.5 Å². The third-order valence-corrected chi connectivity index (χ3v) is 4.26. The summed E-state index contributed by atoms with van der Waals surface area (Å²) in [4.78, 5) is 9.10. The zero-order valence-electron chi connectivity index (χ0n) is 15.2. The maximum atomic E-state index is 5.37. The number of rotatable bonds is 11. The number of unbranched alkanes of at least 4 members (excludes halogenated alkanes) is 4. The highest BCUT2D eigenvalue weighted by molar-refractivity contribution is 5.79. The van der Waals surface area contributed by atoms with Gasteiger partial charge >= 0.3 is 0 Å². The lowest BCUT2D eigenvalue weighted by molar-refractivity contribution is 0.0372. The van der Waals surface area contributed by atoms with Crippen LogP contribution in [0.5, 0.6) is 0 Å². The minimum Gasteiger partial charge on any atom is -0.379 e. The Bertz CT molecular complexity index is 327. The van der Waals surface area contributed by atoms with E-state index >= 15 is 0 Å². The predicted octanol–water partition coefficient (Wildman–Crippen LogP) is 2.35. The SMILES string of the molecule is C=CCCCCCN(C)C(=NC)NCCCCN1CCOCC1. The quantitative estimate of drug-likeness (QED) is 0.274. The topological polar surface area (TPSA) is 40.1 Å². The van der Waals surface area contributed by atoms with Gasteiger partial charge in [0.25, 0.3) is 0 Å². The van der Waals surface area contributed by atoms with Gasteiger partial charge in [0.05, 0.1) is 13.2 Å². The van der Waals surface area contributed by atoms with Gasteiger partial charge in [0.2, 0.25) is 0 Å². The fourth-order valence-electron chi connectivity index (χ4n) is 2.79. The largest absolute Gasteiger partial charge is 0.379 e. The molecule has 5 heteroatoms. The average Bonchev–Trinajstić information content (AvgIpc) is 2.58. The standard InChI is InChI=1S/C18H36N4O/c1-4-5-6-7-9-12-21(3)18(19-2)20-11-8-10-13-22-14-16-23-17-15-22/h4H,1,5-17H2,2-3H3,(H,19,20). The molecule has 0 aromatic rings. The monoisotopic (exact) mass is 324 g/mol. The fraction of sp³-hybridized carbons (Fsp3) is 0.833. The highest BCUT2D eigenvalue weighted by Gasteiger charge is 2.09. The Labute approximate surface area is 142 Å². The summed E-state index contributed by atoms with van der Waals surface area (Å²) in [5, 5.41) is 3.48. The van der Waals surface area contributed by atoms with Crippen LogP contribution in [0.25, 0.3) is 0 Å². The molecule has 1 heterocycles. The van der Waals surface area contributed by atoms with Crippen molar-refractivity contribution in [2.24, 2.45) is 4.99 Å². The molecular weight excluding hydrogens is 288 g/mol. The molecule has 1 aliphatic heterocycles. The Balaban J connectivity index is 2.04. The third-order valence-electron chi connectivity index (χ3n) is 4.26. The van der Waals surface area contributed by atoms with E-state index in [-0.39, 0.29) is 0 Å². The summed E-state index contributed by atoms with van der Waals surface area (Å²) in [6, 6.07) is 0. The summed E-state index contributed by atoms with van der Waals surface area (Å²) in [6.45, 7) is 11.0. The van der Waals surface area contributed by atoms with Crippen LogP contribution in [0.3, 0.4) is 0 Å². The number of morpholine rings is 1. The molecular formula is C18H36N4O. The lowest BCUT2D eigenvalue weighted by Gasteiger charge is -2.26. The Hall–Kier alpha value is -1.07. The highest BCUT2D eigenvalue weighted by atomic mass is 16.5. The van der Waals surface area contributed by atoms with E-state index in [0.29, 0.717) is 0 Å². The van der Waals surface area contributed by atoms with Gasteiger partial charge in [-0.25, -0.2) is 0 Å². The van der Waals surface area contributed by atoms with Gasteiger partial charge < -0.3 is 15.0 Å². The summed E-state index contributed by atoms with van der Waals surface area (Å²) in [7, 11) is 3.99. The molecule has 5 nitrogen and oxygen atoms in total. The maximum Gasteiger partial charge on any atom is 0.193 e. The first-order valence-electron chi connectivity index (χ1n) is 9.10. The zero-order chi connectivity index (χ0) is 16.8. The molecule has 0 amide bonds. The minimum absolute atomic E-state index is 0.891. The van der Waals surface area contributed by atoms with Crippen LogP contribution in [0.4, 0.5) is 0 Å². The molecule has 23 heavy (non-hydrogen) atoms. The maximum absolute atomic E-state index is 5.37. The number of hydrogen-bond acceptors (Lipinski definition) is 3. The van der Waals surface area contributed by atoms with Gasteiger partial charge in [-0.15, -0.1) is 6.58 Å². The molecule has 1 N–H and O–H groups in total. The van der Waals surface area contributed by atoms with Gasteiger partial charge in [-0.3, -0.25) is 9.89 Å².